The summed E-state index contributed by atoms with van der Waals surface area (Å²) in [5, 5.41) is 5.60. The van der Waals surface area contributed by atoms with Crippen molar-refractivity contribution in [2.75, 3.05) is 32.7 Å². The molecule has 0 atom stereocenters. The van der Waals surface area contributed by atoms with Gasteiger partial charge >= 0.3 is 0 Å². The fraction of sp³-hybridized carbons (Fsp3) is 0.800. The molecule has 5 nitrogen and oxygen atoms in total. The van der Waals surface area contributed by atoms with Crippen molar-refractivity contribution in [1.82, 2.24) is 15.5 Å². The third kappa shape index (κ3) is 4.78. The average Bonchev–Trinajstić information content (AvgIpc) is 2.18. The Labute approximate surface area is 90.2 Å². The molecule has 1 saturated heterocycles. The van der Waals surface area contributed by atoms with Crippen LogP contribution in [0.3, 0.4) is 0 Å². The molecule has 0 saturated carbocycles. The summed E-state index contributed by atoms with van der Waals surface area (Å²) in [6, 6.07) is 0. The zero-order valence-corrected chi connectivity index (χ0v) is 9.21. The second kappa shape index (κ2) is 6.40. The first-order valence-corrected chi connectivity index (χ1v) is 5.48. The molecule has 2 N–H and O–H groups in total. The van der Waals surface area contributed by atoms with E-state index in [4.69, 9.17) is 0 Å². The van der Waals surface area contributed by atoms with Gasteiger partial charge in [-0.15, -0.1) is 0 Å². The molecule has 0 aliphatic carbocycles. The second-order valence-electron chi connectivity index (χ2n) is 3.73. The molecule has 0 radical (unpaired) electrons. The zero-order chi connectivity index (χ0) is 11.1. The van der Waals surface area contributed by atoms with Crippen LogP contribution in [0.1, 0.15) is 19.8 Å². The lowest BCUT2D eigenvalue weighted by Crippen LogP contribution is -2.49. The maximum Gasteiger partial charge on any atom is 0.234 e. The van der Waals surface area contributed by atoms with Gasteiger partial charge in [0, 0.05) is 32.6 Å². The first-order chi connectivity index (χ1) is 7.22. The van der Waals surface area contributed by atoms with Crippen LogP contribution in [0, 0.1) is 0 Å². The number of hydrogen-bond acceptors (Lipinski definition) is 3. The molecule has 1 heterocycles. The topological polar surface area (TPSA) is 61.4 Å². The maximum atomic E-state index is 11.1. The highest BCUT2D eigenvalue weighted by Crippen LogP contribution is 1.92. The summed E-state index contributed by atoms with van der Waals surface area (Å²) < 4.78 is 0. The Kier molecular flexibility index (Phi) is 5.10. The van der Waals surface area contributed by atoms with Gasteiger partial charge in [-0.2, -0.15) is 0 Å². The minimum absolute atomic E-state index is 0.0705. The Morgan fingerprint density at radius 3 is 3.07 bits per heavy atom. The molecule has 0 aromatic carbocycles. The van der Waals surface area contributed by atoms with Crippen molar-refractivity contribution < 1.29 is 9.59 Å². The summed E-state index contributed by atoms with van der Waals surface area (Å²) in [4.78, 5) is 24.2. The van der Waals surface area contributed by atoms with Crippen molar-refractivity contribution in [3.63, 3.8) is 0 Å². The Balaban J connectivity index is 2.09. The van der Waals surface area contributed by atoms with Gasteiger partial charge in [0.05, 0.1) is 6.54 Å². The molecule has 0 aromatic heterocycles. The average molecular weight is 213 g/mol. The first kappa shape index (κ1) is 12.0. The fourth-order valence-electron chi connectivity index (χ4n) is 1.55. The van der Waals surface area contributed by atoms with E-state index in [1.165, 1.54) is 0 Å². The van der Waals surface area contributed by atoms with Crippen molar-refractivity contribution >= 4 is 11.8 Å². The summed E-state index contributed by atoms with van der Waals surface area (Å²) in [6.07, 6.45) is 1.46. The number of nitrogens with zero attached hydrogens (tertiary/aromatic N) is 1. The minimum Gasteiger partial charge on any atom is -0.355 e. The molecule has 0 bridgehead atoms. The number of piperazine rings is 1. The van der Waals surface area contributed by atoms with E-state index in [2.05, 4.69) is 10.6 Å². The molecule has 1 rings (SSSR count). The van der Waals surface area contributed by atoms with Crippen LogP contribution >= 0.6 is 0 Å². The Bertz CT molecular complexity index is 231. The van der Waals surface area contributed by atoms with Gasteiger partial charge in [0.2, 0.25) is 11.8 Å². The van der Waals surface area contributed by atoms with Gasteiger partial charge in [0.25, 0.3) is 0 Å². The highest BCUT2D eigenvalue weighted by atomic mass is 16.2. The summed E-state index contributed by atoms with van der Waals surface area (Å²) in [7, 11) is 0. The predicted molar refractivity (Wildman–Crippen MR) is 57.4 cm³/mol. The molecular formula is C10H19N3O2. The van der Waals surface area contributed by atoms with Gasteiger partial charge in [0.1, 0.15) is 0 Å². The van der Waals surface area contributed by atoms with Crippen LogP contribution in [0.5, 0.6) is 0 Å². The van der Waals surface area contributed by atoms with Gasteiger partial charge in [-0.25, -0.2) is 0 Å². The second-order valence-corrected chi connectivity index (χ2v) is 3.73. The number of amides is 2. The number of hydrogen-bond donors (Lipinski definition) is 2. The molecule has 1 fully saturated rings. The summed E-state index contributed by atoms with van der Waals surface area (Å²) in [6.45, 7) is 5.39. The van der Waals surface area contributed by atoms with E-state index in [0.717, 1.165) is 19.5 Å². The maximum absolute atomic E-state index is 11.1. The molecule has 0 unspecified atom stereocenters. The smallest absolute Gasteiger partial charge is 0.234 e. The van der Waals surface area contributed by atoms with Gasteiger partial charge in [-0.3, -0.25) is 14.5 Å². The van der Waals surface area contributed by atoms with Crippen molar-refractivity contribution in [2.45, 2.75) is 19.8 Å². The number of carbonyl (C=O) groups is 2. The quantitative estimate of drug-likeness (QED) is 0.637. The van der Waals surface area contributed by atoms with Crippen LogP contribution < -0.4 is 10.6 Å². The number of carbonyl (C=O) groups excluding carboxylic acids is 2. The highest BCUT2D eigenvalue weighted by molar-refractivity contribution is 5.78. The monoisotopic (exact) mass is 213 g/mol. The van der Waals surface area contributed by atoms with Crippen LogP contribution in [-0.4, -0.2) is 49.4 Å². The van der Waals surface area contributed by atoms with Gasteiger partial charge in [-0.1, -0.05) is 6.92 Å². The standard InChI is InChI=1S/C10H19N3O2/c1-2-3-9(14)11-4-6-13-7-5-12-10(15)8-13/h2-8H2,1H3,(H,11,14)(H,12,15). The van der Waals surface area contributed by atoms with E-state index in [-0.39, 0.29) is 11.8 Å². The molecule has 15 heavy (non-hydrogen) atoms. The van der Waals surface area contributed by atoms with Crippen molar-refractivity contribution in [3.8, 4) is 0 Å². The molecule has 1 aliphatic rings. The first-order valence-electron chi connectivity index (χ1n) is 5.48. The number of rotatable bonds is 5. The zero-order valence-electron chi connectivity index (χ0n) is 9.21. The van der Waals surface area contributed by atoms with Gasteiger partial charge in [0.15, 0.2) is 0 Å². The van der Waals surface area contributed by atoms with Gasteiger partial charge in [-0.05, 0) is 6.42 Å². The lowest BCUT2D eigenvalue weighted by atomic mass is 10.3. The van der Waals surface area contributed by atoms with E-state index in [1.807, 2.05) is 11.8 Å². The largest absolute Gasteiger partial charge is 0.355 e. The molecule has 2 amide bonds. The lowest BCUT2D eigenvalue weighted by molar-refractivity contribution is -0.124. The van der Waals surface area contributed by atoms with Crippen LogP contribution in [0.15, 0.2) is 0 Å². The highest BCUT2D eigenvalue weighted by Gasteiger charge is 2.15. The van der Waals surface area contributed by atoms with E-state index in [0.29, 0.717) is 26.1 Å². The Morgan fingerprint density at radius 2 is 2.40 bits per heavy atom. The summed E-state index contributed by atoms with van der Waals surface area (Å²) in [5.74, 6) is 0.167. The summed E-state index contributed by atoms with van der Waals surface area (Å²) in [5.41, 5.74) is 0. The fourth-order valence-corrected chi connectivity index (χ4v) is 1.55. The Hall–Kier alpha value is -1.10. The van der Waals surface area contributed by atoms with Gasteiger partial charge < -0.3 is 10.6 Å². The third-order valence-electron chi connectivity index (χ3n) is 2.34. The molecule has 86 valence electrons. The summed E-state index contributed by atoms with van der Waals surface area (Å²) >= 11 is 0. The van der Waals surface area contributed by atoms with Crippen LogP contribution in [-0.2, 0) is 9.59 Å². The van der Waals surface area contributed by atoms with E-state index >= 15 is 0 Å². The minimum atomic E-state index is 0.0705. The van der Waals surface area contributed by atoms with Crippen molar-refractivity contribution in [2.24, 2.45) is 0 Å². The van der Waals surface area contributed by atoms with Crippen LogP contribution in [0.25, 0.3) is 0 Å². The van der Waals surface area contributed by atoms with E-state index < -0.39 is 0 Å². The third-order valence-corrected chi connectivity index (χ3v) is 2.34. The predicted octanol–water partition coefficient (Wildman–Crippen LogP) is -0.665. The normalized spacial score (nSPS) is 17.3. The van der Waals surface area contributed by atoms with Crippen molar-refractivity contribution in [3.05, 3.63) is 0 Å². The SMILES string of the molecule is CCCC(=O)NCCN1CCNC(=O)C1. The van der Waals surface area contributed by atoms with E-state index in [1.54, 1.807) is 0 Å². The number of nitrogens with one attached hydrogen (secondary N) is 2. The molecule has 0 aromatic rings. The Morgan fingerprint density at radius 1 is 1.60 bits per heavy atom. The van der Waals surface area contributed by atoms with Crippen LogP contribution in [0.2, 0.25) is 0 Å². The molecule has 1 aliphatic heterocycles. The molecule has 0 spiro atoms. The molecular weight excluding hydrogens is 194 g/mol. The molecule has 5 heteroatoms. The van der Waals surface area contributed by atoms with Crippen LogP contribution in [0.4, 0.5) is 0 Å². The van der Waals surface area contributed by atoms with Crippen molar-refractivity contribution in [1.29, 1.82) is 0 Å². The van der Waals surface area contributed by atoms with E-state index in [9.17, 15) is 9.59 Å². The lowest BCUT2D eigenvalue weighted by Gasteiger charge is -2.26.